The first-order chi connectivity index (χ1) is 5.36. The fourth-order valence-electron chi connectivity index (χ4n) is 1.48. The molecule has 0 aliphatic carbocycles. The molecule has 0 radical (unpaired) electrons. The molecule has 0 bridgehead atoms. The minimum Gasteiger partial charge on any atom is -0.311 e. The predicted molar refractivity (Wildman–Crippen MR) is 43.1 cm³/mol. The zero-order chi connectivity index (χ0) is 7.68. The van der Waals surface area contributed by atoms with Gasteiger partial charge in [0.15, 0.2) is 0 Å². The Labute approximate surface area is 66.4 Å². The Bertz CT molecular complexity index is 241. The molecule has 2 rings (SSSR count). The highest BCUT2D eigenvalue weighted by molar-refractivity contribution is 5.01. The van der Waals surface area contributed by atoms with E-state index in [0.29, 0.717) is 5.92 Å². The zero-order valence-corrected chi connectivity index (χ0v) is 6.75. The van der Waals surface area contributed by atoms with Gasteiger partial charge in [-0.2, -0.15) is 5.10 Å². The maximum absolute atomic E-state index is 4.24. The average Bonchev–Trinajstić information content (AvgIpc) is 2.31. The number of fused-ring (bicyclic) bond motifs is 1. The fraction of sp³-hybridized carbons (Fsp3) is 0.625. The van der Waals surface area contributed by atoms with Gasteiger partial charge in [0.2, 0.25) is 0 Å². The van der Waals surface area contributed by atoms with Gasteiger partial charge in [0, 0.05) is 19.3 Å². The number of nitrogens with one attached hydrogen (secondary N) is 1. The van der Waals surface area contributed by atoms with Gasteiger partial charge in [-0.05, 0) is 18.5 Å². The number of hydrogen-bond donors (Lipinski definition) is 1. The normalized spacial score (nSPS) is 24.3. The summed E-state index contributed by atoms with van der Waals surface area (Å²) >= 11 is 0. The van der Waals surface area contributed by atoms with Crippen molar-refractivity contribution >= 4 is 0 Å². The van der Waals surface area contributed by atoms with E-state index < -0.39 is 0 Å². The predicted octanol–water partition coefficient (Wildman–Crippen LogP) is 0.622. The van der Waals surface area contributed by atoms with Gasteiger partial charge in [-0.1, -0.05) is 6.92 Å². The van der Waals surface area contributed by atoms with Crippen LogP contribution in [0.2, 0.25) is 0 Å². The van der Waals surface area contributed by atoms with Gasteiger partial charge >= 0.3 is 0 Å². The van der Waals surface area contributed by atoms with Crippen LogP contribution < -0.4 is 5.32 Å². The summed E-state index contributed by atoms with van der Waals surface area (Å²) in [7, 11) is 0. The second kappa shape index (κ2) is 2.66. The standard InChI is InChI=1S/C8H13N3/c1-7-4-9-5-8-2-3-10-11(8)6-7/h2-3,7,9H,4-6H2,1H3. The average molecular weight is 151 g/mol. The van der Waals surface area contributed by atoms with Gasteiger partial charge in [-0.25, -0.2) is 0 Å². The van der Waals surface area contributed by atoms with Crippen LogP contribution in [0.1, 0.15) is 12.6 Å². The van der Waals surface area contributed by atoms with Gasteiger partial charge < -0.3 is 5.32 Å². The molecule has 1 aliphatic rings. The van der Waals surface area contributed by atoms with Crippen LogP contribution >= 0.6 is 0 Å². The minimum atomic E-state index is 0.691. The Morgan fingerprint density at radius 2 is 2.64 bits per heavy atom. The zero-order valence-electron chi connectivity index (χ0n) is 6.75. The van der Waals surface area contributed by atoms with Crippen LogP contribution in [0.25, 0.3) is 0 Å². The van der Waals surface area contributed by atoms with Crippen molar-refractivity contribution in [1.82, 2.24) is 15.1 Å². The molecular weight excluding hydrogens is 138 g/mol. The summed E-state index contributed by atoms with van der Waals surface area (Å²) in [6.45, 7) is 5.35. The molecule has 60 valence electrons. The molecule has 1 aliphatic heterocycles. The quantitative estimate of drug-likeness (QED) is 0.589. The molecule has 2 heterocycles. The van der Waals surface area contributed by atoms with Gasteiger partial charge in [0.1, 0.15) is 0 Å². The number of nitrogens with zero attached hydrogens (tertiary/aromatic N) is 2. The molecule has 0 saturated heterocycles. The first-order valence-corrected chi connectivity index (χ1v) is 4.07. The van der Waals surface area contributed by atoms with Crippen LogP contribution in [0, 0.1) is 5.92 Å². The molecule has 1 aromatic rings. The van der Waals surface area contributed by atoms with Gasteiger partial charge in [0.25, 0.3) is 0 Å². The van der Waals surface area contributed by atoms with Gasteiger partial charge in [-0.3, -0.25) is 4.68 Å². The molecule has 0 saturated carbocycles. The SMILES string of the molecule is CC1CNCc2ccnn2C1. The lowest BCUT2D eigenvalue weighted by atomic mass is 10.2. The van der Waals surface area contributed by atoms with E-state index in [2.05, 4.69) is 28.1 Å². The van der Waals surface area contributed by atoms with Crippen molar-refractivity contribution in [3.05, 3.63) is 18.0 Å². The third-order valence-electron chi connectivity index (χ3n) is 2.09. The smallest absolute Gasteiger partial charge is 0.0522 e. The van der Waals surface area contributed by atoms with Crippen LogP contribution in [0.4, 0.5) is 0 Å². The van der Waals surface area contributed by atoms with Crippen LogP contribution in [0.3, 0.4) is 0 Å². The minimum absolute atomic E-state index is 0.691. The van der Waals surface area contributed by atoms with E-state index in [-0.39, 0.29) is 0 Å². The summed E-state index contributed by atoms with van der Waals surface area (Å²) in [4.78, 5) is 0. The molecule has 3 nitrogen and oxygen atoms in total. The summed E-state index contributed by atoms with van der Waals surface area (Å²) in [6, 6.07) is 2.07. The van der Waals surface area contributed by atoms with E-state index in [4.69, 9.17) is 0 Å². The fourth-order valence-corrected chi connectivity index (χ4v) is 1.48. The molecule has 3 heteroatoms. The Balaban J connectivity index is 2.26. The Kier molecular flexibility index (Phi) is 1.66. The highest BCUT2D eigenvalue weighted by atomic mass is 15.3. The Morgan fingerprint density at radius 3 is 3.55 bits per heavy atom. The Morgan fingerprint density at radius 1 is 1.73 bits per heavy atom. The van der Waals surface area contributed by atoms with Crippen molar-refractivity contribution in [2.45, 2.75) is 20.0 Å². The van der Waals surface area contributed by atoms with E-state index in [1.54, 1.807) is 0 Å². The molecule has 1 N–H and O–H groups in total. The first kappa shape index (κ1) is 6.85. The largest absolute Gasteiger partial charge is 0.311 e. The third kappa shape index (κ3) is 1.28. The molecule has 1 unspecified atom stereocenters. The summed E-state index contributed by atoms with van der Waals surface area (Å²) in [5.41, 5.74) is 1.30. The van der Waals surface area contributed by atoms with Crippen molar-refractivity contribution in [2.75, 3.05) is 6.54 Å². The lowest BCUT2D eigenvalue weighted by molar-refractivity contribution is 0.454. The van der Waals surface area contributed by atoms with Crippen molar-refractivity contribution in [1.29, 1.82) is 0 Å². The van der Waals surface area contributed by atoms with Crippen LogP contribution in [0.15, 0.2) is 12.3 Å². The third-order valence-corrected chi connectivity index (χ3v) is 2.09. The number of rotatable bonds is 0. The van der Waals surface area contributed by atoms with E-state index in [1.807, 2.05) is 6.20 Å². The number of hydrogen-bond acceptors (Lipinski definition) is 2. The van der Waals surface area contributed by atoms with E-state index in [1.165, 1.54) is 5.69 Å². The second-order valence-electron chi connectivity index (χ2n) is 3.24. The summed E-state index contributed by atoms with van der Waals surface area (Å²) in [5, 5.41) is 7.62. The van der Waals surface area contributed by atoms with Crippen molar-refractivity contribution in [3.8, 4) is 0 Å². The van der Waals surface area contributed by atoms with Crippen molar-refractivity contribution in [3.63, 3.8) is 0 Å². The lowest BCUT2D eigenvalue weighted by Gasteiger charge is -2.06. The molecule has 0 fully saturated rings. The molecule has 0 aromatic carbocycles. The van der Waals surface area contributed by atoms with Crippen LogP contribution in [0.5, 0.6) is 0 Å². The van der Waals surface area contributed by atoms with Gasteiger partial charge in [0.05, 0.1) is 5.69 Å². The Hall–Kier alpha value is -0.830. The van der Waals surface area contributed by atoms with Crippen molar-refractivity contribution < 1.29 is 0 Å². The topological polar surface area (TPSA) is 29.9 Å². The second-order valence-corrected chi connectivity index (χ2v) is 3.24. The molecular formula is C8H13N3. The highest BCUT2D eigenvalue weighted by Crippen LogP contribution is 2.07. The maximum atomic E-state index is 4.24. The highest BCUT2D eigenvalue weighted by Gasteiger charge is 2.11. The maximum Gasteiger partial charge on any atom is 0.0522 e. The lowest BCUT2D eigenvalue weighted by Crippen LogP contribution is -2.18. The molecule has 11 heavy (non-hydrogen) atoms. The molecule has 0 spiro atoms. The van der Waals surface area contributed by atoms with E-state index in [9.17, 15) is 0 Å². The summed E-state index contributed by atoms with van der Waals surface area (Å²) in [5.74, 6) is 0.691. The first-order valence-electron chi connectivity index (χ1n) is 4.07. The molecule has 1 aromatic heterocycles. The van der Waals surface area contributed by atoms with E-state index in [0.717, 1.165) is 19.6 Å². The van der Waals surface area contributed by atoms with Crippen molar-refractivity contribution in [2.24, 2.45) is 5.92 Å². The van der Waals surface area contributed by atoms with Crippen LogP contribution in [-0.2, 0) is 13.1 Å². The summed E-state index contributed by atoms with van der Waals surface area (Å²) in [6.07, 6.45) is 1.87. The monoisotopic (exact) mass is 151 g/mol. The number of aromatic nitrogens is 2. The molecule has 0 amide bonds. The van der Waals surface area contributed by atoms with Crippen LogP contribution in [-0.4, -0.2) is 16.3 Å². The van der Waals surface area contributed by atoms with E-state index >= 15 is 0 Å². The summed E-state index contributed by atoms with van der Waals surface area (Å²) < 4.78 is 2.09. The molecule has 1 atom stereocenters. The van der Waals surface area contributed by atoms with Gasteiger partial charge in [-0.15, -0.1) is 0 Å².